The number of halogens is 2. The third kappa shape index (κ3) is 4.60. The molecule has 2 amide bonds. The van der Waals surface area contributed by atoms with E-state index < -0.39 is 23.4 Å². The van der Waals surface area contributed by atoms with E-state index in [-0.39, 0.29) is 0 Å². The normalized spacial score (nSPS) is 17.6. The van der Waals surface area contributed by atoms with Gasteiger partial charge in [-0.05, 0) is 37.1 Å². The van der Waals surface area contributed by atoms with Crippen LogP contribution in [-0.2, 0) is 0 Å². The van der Waals surface area contributed by atoms with E-state index >= 15 is 0 Å². The fourth-order valence-corrected chi connectivity index (χ4v) is 3.90. The number of nitrogens with one attached hydrogen (secondary N) is 1. The molecule has 0 bridgehead atoms. The van der Waals surface area contributed by atoms with E-state index in [0.29, 0.717) is 26.2 Å². The average molecular weight is 416 g/mol. The Balaban J connectivity index is 1.32. The van der Waals surface area contributed by atoms with Crippen LogP contribution in [0.4, 0.5) is 30.9 Å². The molecule has 2 fully saturated rings. The highest BCUT2D eigenvalue weighted by Gasteiger charge is 2.24. The number of urea groups is 1. The standard InChI is InChI=1S/C21H26F2N6O/c22-16-6-5-7-17(23)20(16)24-21(30)29-14-12-28(13-15-29)19-9-8-18(25-26-19)27-10-3-1-2-4-11-27/h5-9H,1-4,10-15H2,(H,24,30). The second kappa shape index (κ2) is 9.23. The minimum atomic E-state index is -0.790. The van der Waals surface area contributed by atoms with Crippen molar-refractivity contribution in [3.63, 3.8) is 0 Å². The summed E-state index contributed by atoms with van der Waals surface area (Å²) in [7, 11) is 0. The molecule has 0 atom stereocenters. The monoisotopic (exact) mass is 416 g/mol. The lowest BCUT2D eigenvalue weighted by Gasteiger charge is -2.35. The summed E-state index contributed by atoms with van der Waals surface area (Å²) in [6, 6.07) is 6.96. The van der Waals surface area contributed by atoms with E-state index in [1.54, 1.807) is 4.90 Å². The highest BCUT2D eigenvalue weighted by Crippen LogP contribution is 2.21. The number of carbonyl (C=O) groups excluding carboxylic acids is 1. The Morgan fingerprint density at radius 3 is 1.83 bits per heavy atom. The van der Waals surface area contributed by atoms with Crippen molar-refractivity contribution in [1.29, 1.82) is 0 Å². The molecule has 0 saturated carbocycles. The van der Waals surface area contributed by atoms with Crippen LogP contribution < -0.4 is 15.1 Å². The van der Waals surface area contributed by atoms with Gasteiger partial charge < -0.3 is 20.0 Å². The molecule has 0 radical (unpaired) electrons. The number of carbonyl (C=O) groups is 1. The first-order valence-corrected chi connectivity index (χ1v) is 10.5. The maximum atomic E-state index is 13.8. The van der Waals surface area contributed by atoms with Gasteiger partial charge in [0.2, 0.25) is 0 Å². The number of hydrogen-bond donors (Lipinski definition) is 1. The van der Waals surface area contributed by atoms with Crippen molar-refractivity contribution >= 4 is 23.4 Å². The lowest BCUT2D eigenvalue weighted by molar-refractivity contribution is 0.207. The van der Waals surface area contributed by atoms with Crippen LogP contribution in [0.3, 0.4) is 0 Å². The van der Waals surface area contributed by atoms with Gasteiger partial charge in [0, 0.05) is 39.3 Å². The van der Waals surface area contributed by atoms with E-state index in [1.165, 1.54) is 31.7 Å². The first-order valence-electron chi connectivity index (χ1n) is 10.5. The van der Waals surface area contributed by atoms with E-state index in [4.69, 9.17) is 0 Å². The molecule has 30 heavy (non-hydrogen) atoms. The van der Waals surface area contributed by atoms with Gasteiger partial charge in [0.1, 0.15) is 17.3 Å². The van der Waals surface area contributed by atoms with Crippen LogP contribution in [0.2, 0.25) is 0 Å². The lowest BCUT2D eigenvalue weighted by atomic mass is 10.2. The lowest BCUT2D eigenvalue weighted by Crippen LogP contribution is -2.50. The van der Waals surface area contributed by atoms with Crippen molar-refractivity contribution in [1.82, 2.24) is 15.1 Å². The minimum Gasteiger partial charge on any atom is -0.355 e. The van der Waals surface area contributed by atoms with Crippen molar-refractivity contribution < 1.29 is 13.6 Å². The molecule has 4 rings (SSSR count). The number of para-hydroxylation sites is 1. The van der Waals surface area contributed by atoms with Crippen molar-refractivity contribution in [2.75, 3.05) is 54.4 Å². The largest absolute Gasteiger partial charge is 0.355 e. The van der Waals surface area contributed by atoms with E-state index in [1.807, 2.05) is 12.1 Å². The molecule has 1 aromatic heterocycles. The van der Waals surface area contributed by atoms with Crippen LogP contribution in [0.5, 0.6) is 0 Å². The fraction of sp³-hybridized carbons (Fsp3) is 0.476. The summed E-state index contributed by atoms with van der Waals surface area (Å²) < 4.78 is 27.5. The first kappa shape index (κ1) is 20.3. The molecule has 9 heteroatoms. The van der Waals surface area contributed by atoms with Crippen LogP contribution in [0.15, 0.2) is 30.3 Å². The maximum absolute atomic E-state index is 13.8. The number of aromatic nitrogens is 2. The van der Waals surface area contributed by atoms with Gasteiger partial charge in [-0.2, -0.15) is 0 Å². The number of anilines is 3. The van der Waals surface area contributed by atoms with E-state index in [0.717, 1.165) is 36.9 Å². The van der Waals surface area contributed by atoms with Crippen LogP contribution >= 0.6 is 0 Å². The molecule has 1 aromatic carbocycles. The molecule has 3 heterocycles. The average Bonchev–Trinajstić information content (AvgIpc) is 3.06. The topological polar surface area (TPSA) is 64.6 Å². The molecule has 160 valence electrons. The van der Waals surface area contributed by atoms with Crippen LogP contribution in [0.25, 0.3) is 0 Å². The summed E-state index contributed by atoms with van der Waals surface area (Å²) >= 11 is 0. The molecule has 2 aliphatic heterocycles. The van der Waals surface area contributed by atoms with Gasteiger partial charge in [-0.15, -0.1) is 10.2 Å². The molecule has 1 N–H and O–H groups in total. The molecular weight excluding hydrogens is 390 g/mol. The summed E-state index contributed by atoms with van der Waals surface area (Å²) in [4.78, 5) is 18.3. The molecular formula is C21H26F2N6O. The van der Waals surface area contributed by atoms with Crippen LogP contribution in [-0.4, -0.2) is 60.4 Å². The molecule has 2 aromatic rings. The third-order valence-corrected chi connectivity index (χ3v) is 5.65. The predicted octanol–water partition coefficient (Wildman–Crippen LogP) is 3.49. The van der Waals surface area contributed by atoms with Gasteiger partial charge in [0.25, 0.3) is 0 Å². The summed E-state index contributed by atoms with van der Waals surface area (Å²) in [5, 5.41) is 11.1. The minimum absolute atomic E-state index is 0.417. The van der Waals surface area contributed by atoms with Crippen molar-refractivity contribution in [2.24, 2.45) is 0 Å². The van der Waals surface area contributed by atoms with Gasteiger partial charge in [-0.3, -0.25) is 0 Å². The second-order valence-electron chi connectivity index (χ2n) is 7.65. The highest BCUT2D eigenvalue weighted by atomic mass is 19.1. The zero-order valence-corrected chi connectivity index (χ0v) is 16.9. The fourth-order valence-electron chi connectivity index (χ4n) is 3.90. The molecule has 0 aliphatic carbocycles. The number of piperazine rings is 1. The van der Waals surface area contributed by atoms with Crippen LogP contribution in [0, 0.1) is 11.6 Å². The molecule has 7 nitrogen and oxygen atoms in total. The Labute approximate surface area is 174 Å². The Morgan fingerprint density at radius 1 is 0.767 bits per heavy atom. The Hall–Kier alpha value is -2.97. The molecule has 0 spiro atoms. The SMILES string of the molecule is O=C(Nc1c(F)cccc1F)N1CCN(c2ccc(N3CCCCCC3)nn2)CC1. The van der Waals surface area contributed by atoms with Gasteiger partial charge in [-0.25, -0.2) is 13.6 Å². The number of rotatable bonds is 3. The quantitative estimate of drug-likeness (QED) is 0.830. The molecule has 0 unspecified atom stereocenters. The van der Waals surface area contributed by atoms with Crippen molar-refractivity contribution in [3.05, 3.63) is 42.0 Å². The predicted molar refractivity (Wildman–Crippen MR) is 112 cm³/mol. The summed E-state index contributed by atoms with van der Waals surface area (Å²) in [5.74, 6) is 0.0999. The molecule has 2 saturated heterocycles. The molecule has 2 aliphatic rings. The smallest absolute Gasteiger partial charge is 0.322 e. The Morgan fingerprint density at radius 2 is 1.30 bits per heavy atom. The summed E-state index contributed by atoms with van der Waals surface area (Å²) in [6.45, 7) is 4.04. The van der Waals surface area contributed by atoms with E-state index in [2.05, 4.69) is 25.3 Å². The number of nitrogens with zero attached hydrogens (tertiary/aromatic N) is 5. The summed E-state index contributed by atoms with van der Waals surface area (Å²) in [6.07, 6.45) is 4.90. The Bertz CT molecular complexity index is 842. The zero-order chi connectivity index (χ0) is 20.9. The number of hydrogen-bond acceptors (Lipinski definition) is 5. The van der Waals surface area contributed by atoms with Gasteiger partial charge in [-0.1, -0.05) is 18.9 Å². The number of benzene rings is 1. The van der Waals surface area contributed by atoms with Gasteiger partial charge >= 0.3 is 6.03 Å². The van der Waals surface area contributed by atoms with E-state index in [9.17, 15) is 13.6 Å². The first-order chi connectivity index (χ1) is 14.6. The maximum Gasteiger partial charge on any atom is 0.322 e. The Kier molecular flexibility index (Phi) is 6.25. The van der Waals surface area contributed by atoms with Gasteiger partial charge in [0.05, 0.1) is 0 Å². The highest BCUT2D eigenvalue weighted by molar-refractivity contribution is 5.89. The van der Waals surface area contributed by atoms with Crippen LogP contribution in [0.1, 0.15) is 25.7 Å². The van der Waals surface area contributed by atoms with Crippen molar-refractivity contribution in [2.45, 2.75) is 25.7 Å². The zero-order valence-electron chi connectivity index (χ0n) is 16.9. The second-order valence-corrected chi connectivity index (χ2v) is 7.65. The number of amides is 2. The third-order valence-electron chi connectivity index (χ3n) is 5.65. The van der Waals surface area contributed by atoms with Gasteiger partial charge in [0.15, 0.2) is 11.6 Å². The summed E-state index contributed by atoms with van der Waals surface area (Å²) in [5.41, 5.74) is -0.417. The van der Waals surface area contributed by atoms with Crippen molar-refractivity contribution in [3.8, 4) is 0 Å².